The molecule has 3 rings (SSSR count). The predicted octanol–water partition coefficient (Wildman–Crippen LogP) is 3.04. The van der Waals surface area contributed by atoms with Crippen molar-refractivity contribution in [2.45, 2.75) is 4.90 Å². The highest BCUT2D eigenvalue weighted by Crippen LogP contribution is 2.31. The smallest absolute Gasteiger partial charge is 0.260 e. The third-order valence-electron chi connectivity index (χ3n) is 4.30. The molecular formula is C18H17Cl2FN2O4S. The maximum Gasteiger partial charge on any atom is 0.260 e. The molecule has 0 aromatic heterocycles. The van der Waals surface area contributed by atoms with Crippen molar-refractivity contribution in [3.05, 3.63) is 58.3 Å². The van der Waals surface area contributed by atoms with Gasteiger partial charge in [-0.25, -0.2) is 12.8 Å². The normalized spacial score (nSPS) is 15.5. The van der Waals surface area contributed by atoms with Gasteiger partial charge in [-0.2, -0.15) is 4.31 Å². The third kappa shape index (κ3) is 4.57. The fraction of sp³-hybridized carbons (Fsp3) is 0.278. The van der Waals surface area contributed by atoms with E-state index in [2.05, 4.69) is 0 Å². The van der Waals surface area contributed by atoms with E-state index in [0.717, 1.165) is 0 Å². The number of carbonyl (C=O) groups is 1. The Kier molecular flexibility index (Phi) is 6.44. The van der Waals surface area contributed by atoms with Crippen molar-refractivity contribution in [3.8, 4) is 5.75 Å². The summed E-state index contributed by atoms with van der Waals surface area (Å²) in [5, 5.41) is 0.143. The quantitative estimate of drug-likeness (QED) is 0.707. The molecule has 0 atom stereocenters. The minimum atomic E-state index is -3.81. The molecule has 0 radical (unpaired) electrons. The summed E-state index contributed by atoms with van der Waals surface area (Å²) in [6.45, 7) is 0.505. The molecule has 2 aromatic carbocycles. The molecule has 1 heterocycles. The molecule has 1 fully saturated rings. The summed E-state index contributed by atoms with van der Waals surface area (Å²) in [5.41, 5.74) is 0. The van der Waals surface area contributed by atoms with E-state index >= 15 is 0 Å². The van der Waals surface area contributed by atoms with Gasteiger partial charge in [0.05, 0.1) is 10.0 Å². The Morgan fingerprint density at radius 3 is 2.32 bits per heavy atom. The lowest BCUT2D eigenvalue weighted by atomic mass is 10.3. The molecule has 0 unspecified atom stereocenters. The largest absolute Gasteiger partial charge is 0.484 e. The monoisotopic (exact) mass is 446 g/mol. The van der Waals surface area contributed by atoms with Crippen LogP contribution in [0.2, 0.25) is 10.0 Å². The first kappa shape index (κ1) is 20.9. The Hall–Kier alpha value is -1.87. The highest BCUT2D eigenvalue weighted by molar-refractivity contribution is 7.89. The Bertz CT molecular complexity index is 962. The van der Waals surface area contributed by atoms with Gasteiger partial charge in [0.1, 0.15) is 16.5 Å². The Labute approximate surface area is 172 Å². The SMILES string of the molecule is O=C(COc1ccc(F)cc1)N1CCN(S(=O)(=O)c2cccc(Cl)c2Cl)CC1. The predicted molar refractivity (Wildman–Crippen MR) is 104 cm³/mol. The minimum Gasteiger partial charge on any atom is -0.484 e. The zero-order valence-corrected chi connectivity index (χ0v) is 17.0. The van der Waals surface area contributed by atoms with Crippen LogP contribution in [0.4, 0.5) is 4.39 Å². The fourth-order valence-electron chi connectivity index (χ4n) is 2.77. The third-order valence-corrected chi connectivity index (χ3v) is 7.17. The van der Waals surface area contributed by atoms with E-state index in [1.807, 2.05) is 0 Å². The molecule has 1 saturated heterocycles. The Balaban J connectivity index is 1.58. The average molecular weight is 447 g/mol. The van der Waals surface area contributed by atoms with Gasteiger partial charge in [-0.15, -0.1) is 0 Å². The van der Waals surface area contributed by atoms with Crippen LogP contribution in [0, 0.1) is 5.82 Å². The number of hydrogen-bond acceptors (Lipinski definition) is 4. The minimum absolute atomic E-state index is 0.0182. The van der Waals surface area contributed by atoms with Crippen LogP contribution >= 0.6 is 23.2 Å². The highest BCUT2D eigenvalue weighted by Gasteiger charge is 2.32. The molecular weight excluding hydrogens is 430 g/mol. The number of amides is 1. The number of hydrogen-bond donors (Lipinski definition) is 0. The Morgan fingerprint density at radius 2 is 1.68 bits per heavy atom. The molecule has 10 heteroatoms. The van der Waals surface area contributed by atoms with E-state index in [-0.39, 0.29) is 53.6 Å². The highest BCUT2D eigenvalue weighted by atomic mass is 35.5. The molecule has 150 valence electrons. The topological polar surface area (TPSA) is 66.9 Å². The van der Waals surface area contributed by atoms with Crippen LogP contribution in [0.25, 0.3) is 0 Å². The first-order valence-corrected chi connectivity index (χ1v) is 10.6. The van der Waals surface area contributed by atoms with Crippen LogP contribution in [0.1, 0.15) is 0 Å². The summed E-state index contributed by atoms with van der Waals surface area (Å²) in [7, 11) is -3.81. The van der Waals surface area contributed by atoms with Crippen molar-refractivity contribution in [2.75, 3.05) is 32.8 Å². The number of carbonyl (C=O) groups excluding carboxylic acids is 1. The molecule has 2 aromatic rings. The molecule has 0 saturated carbocycles. The maximum atomic E-state index is 12.9. The lowest BCUT2D eigenvalue weighted by molar-refractivity contribution is -0.134. The standard InChI is InChI=1S/C18H17Cl2FN2O4S/c19-15-2-1-3-16(18(15)20)28(25,26)23-10-8-22(9-11-23)17(24)12-27-14-6-4-13(21)5-7-14/h1-7H,8-12H2. The lowest BCUT2D eigenvalue weighted by Crippen LogP contribution is -2.51. The number of halogens is 3. The molecule has 6 nitrogen and oxygen atoms in total. The number of nitrogens with zero attached hydrogens (tertiary/aromatic N) is 2. The van der Waals surface area contributed by atoms with Crippen LogP contribution in [0.3, 0.4) is 0 Å². The van der Waals surface area contributed by atoms with E-state index in [9.17, 15) is 17.6 Å². The molecule has 0 spiro atoms. The second kappa shape index (κ2) is 8.65. The van der Waals surface area contributed by atoms with Crippen molar-refractivity contribution >= 4 is 39.1 Å². The van der Waals surface area contributed by atoms with Crippen molar-refractivity contribution in [3.63, 3.8) is 0 Å². The zero-order chi connectivity index (χ0) is 20.3. The molecule has 0 bridgehead atoms. The van der Waals surface area contributed by atoms with Crippen LogP contribution in [0.15, 0.2) is 47.4 Å². The number of piperazine rings is 1. The molecule has 1 amide bonds. The first-order chi connectivity index (χ1) is 13.3. The van der Waals surface area contributed by atoms with Crippen molar-refractivity contribution in [1.29, 1.82) is 0 Å². The van der Waals surface area contributed by atoms with E-state index in [1.54, 1.807) is 0 Å². The molecule has 1 aliphatic rings. The van der Waals surface area contributed by atoms with Gasteiger partial charge in [0.25, 0.3) is 5.91 Å². The summed E-state index contributed by atoms with van der Waals surface area (Å²) in [4.78, 5) is 13.8. The molecule has 1 aliphatic heterocycles. The van der Waals surface area contributed by atoms with Crippen molar-refractivity contribution in [1.82, 2.24) is 9.21 Å². The maximum absolute atomic E-state index is 12.9. The average Bonchev–Trinajstić information content (AvgIpc) is 2.69. The second-order valence-corrected chi connectivity index (χ2v) is 8.77. The molecule has 0 N–H and O–H groups in total. The van der Waals surface area contributed by atoms with Crippen LogP contribution < -0.4 is 4.74 Å². The van der Waals surface area contributed by atoms with Crippen LogP contribution in [-0.4, -0.2) is 56.3 Å². The number of benzene rings is 2. The van der Waals surface area contributed by atoms with E-state index < -0.39 is 15.8 Å². The summed E-state index contributed by atoms with van der Waals surface area (Å²) < 4.78 is 45.1. The van der Waals surface area contributed by atoms with Gasteiger partial charge in [0, 0.05) is 26.2 Å². The Morgan fingerprint density at radius 1 is 1.04 bits per heavy atom. The number of sulfonamides is 1. The van der Waals surface area contributed by atoms with Gasteiger partial charge in [-0.05, 0) is 36.4 Å². The van der Waals surface area contributed by atoms with E-state index in [1.165, 1.54) is 51.7 Å². The van der Waals surface area contributed by atoms with Gasteiger partial charge in [-0.1, -0.05) is 29.3 Å². The van der Waals surface area contributed by atoms with Gasteiger partial charge in [0.15, 0.2) is 6.61 Å². The van der Waals surface area contributed by atoms with Crippen molar-refractivity contribution < 1.29 is 22.3 Å². The van der Waals surface area contributed by atoms with Gasteiger partial charge >= 0.3 is 0 Å². The number of rotatable bonds is 5. The summed E-state index contributed by atoms with van der Waals surface area (Å²) in [6, 6.07) is 9.78. The van der Waals surface area contributed by atoms with Gasteiger partial charge < -0.3 is 9.64 Å². The number of ether oxygens (including phenoxy) is 1. The molecule has 28 heavy (non-hydrogen) atoms. The lowest BCUT2D eigenvalue weighted by Gasteiger charge is -2.34. The summed E-state index contributed by atoms with van der Waals surface area (Å²) >= 11 is 12.0. The first-order valence-electron chi connectivity index (χ1n) is 8.39. The van der Waals surface area contributed by atoms with E-state index in [0.29, 0.717) is 5.75 Å². The molecule has 0 aliphatic carbocycles. The fourth-order valence-corrected chi connectivity index (χ4v) is 4.93. The van der Waals surface area contributed by atoms with Crippen molar-refractivity contribution in [2.24, 2.45) is 0 Å². The zero-order valence-electron chi connectivity index (χ0n) is 14.6. The summed E-state index contributed by atoms with van der Waals surface area (Å²) in [5.74, 6) is -0.287. The second-order valence-electron chi connectivity index (χ2n) is 6.08. The van der Waals surface area contributed by atoms with Gasteiger partial charge in [-0.3, -0.25) is 4.79 Å². The van der Waals surface area contributed by atoms with E-state index in [4.69, 9.17) is 27.9 Å². The van der Waals surface area contributed by atoms with Gasteiger partial charge in [0.2, 0.25) is 10.0 Å². The van der Waals surface area contributed by atoms with Crippen LogP contribution in [-0.2, 0) is 14.8 Å². The summed E-state index contributed by atoms with van der Waals surface area (Å²) in [6.07, 6.45) is 0. The van der Waals surface area contributed by atoms with Crippen LogP contribution in [0.5, 0.6) is 5.75 Å².